The monoisotopic (exact) mass is 756 g/mol. The molecular formula is C50H34N2O2P2. The Labute approximate surface area is 324 Å². The summed E-state index contributed by atoms with van der Waals surface area (Å²) < 4.78 is 31.2. The van der Waals surface area contributed by atoms with Gasteiger partial charge >= 0.3 is 0 Å². The highest BCUT2D eigenvalue weighted by Gasteiger charge is 2.33. The molecule has 0 saturated heterocycles. The van der Waals surface area contributed by atoms with Gasteiger partial charge in [-0.3, -0.25) is 9.97 Å². The number of nitrogens with zero attached hydrogens (tertiary/aromatic N) is 2. The molecule has 0 unspecified atom stereocenters. The summed E-state index contributed by atoms with van der Waals surface area (Å²) in [4.78, 5) is 9.84. The molecule has 0 bridgehead atoms. The lowest BCUT2D eigenvalue weighted by Gasteiger charge is -2.23. The minimum absolute atomic E-state index is 0.778. The molecular weight excluding hydrogens is 723 g/mol. The van der Waals surface area contributed by atoms with Crippen LogP contribution in [0.15, 0.2) is 207 Å². The topological polar surface area (TPSA) is 59.9 Å². The molecule has 10 aromatic rings. The first kappa shape index (κ1) is 34.1. The van der Waals surface area contributed by atoms with Crippen LogP contribution < -0.4 is 31.8 Å². The maximum Gasteiger partial charge on any atom is 0.171 e. The summed E-state index contributed by atoms with van der Waals surface area (Å²) in [6.07, 6.45) is 3.62. The molecule has 6 heteroatoms. The van der Waals surface area contributed by atoms with E-state index in [9.17, 15) is 0 Å². The minimum atomic E-state index is -3.27. The van der Waals surface area contributed by atoms with Crippen LogP contribution in [0.1, 0.15) is 0 Å². The van der Waals surface area contributed by atoms with E-state index >= 15 is 9.13 Å². The molecule has 0 fully saturated rings. The van der Waals surface area contributed by atoms with Crippen molar-refractivity contribution < 1.29 is 9.13 Å². The van der Waals surface area contributed by atoms with Crippen molar-refractivity contribution in [1.29, 1.82) is 0 Å². The lowest BCUT2D eigenvalue weighted by Crippen LogP contribution is -2.25. The van der Waals surface area contributed by atoms with Gasteiger partial charge in [-0.25, -0.2) is 0 Å². The Morgan fingerprint density at radius 3 is 1.00 bits per heavy atom. The van der Waals surface area contributed by atoms with Crippen molar-refractivity contribution in [2.24, 2.45) is 0 Å². The molecule has 0 amide bonds. The predicted octanol–water partition coefficient (Wildman–Crippen LogP) is 10.0. The molecule has 0 aliphatic heterocycles. The van der Waals surface area contributed by atoms with Gasteiger partial charge in [0.15, 0.2) is 14.3 Å². The van der Waals surface area contributed by atoms with Gasteiger partial charge in [0.2, 0.25) is 0 Å². The number of hydrogen-bond donors (Lipinski definition) is 0. The zero-order valence-corrected chi connectivity index (χ0v) is 32.0. The van der Waals surface area contributed by atoms with E-state index in [4.69, 9.17) is 9.97 Å². The van der Waals surface area contributed by atoms with E-state index in [-0.39, 0.29) is 0 Å². The molecule has 8 aromatic carbocycles. The molecule has 0 saturated carbocycles. The maximum absolute atomic E-state index is 15.6. The van der Waals surface area contributed by atoms with Crippen LogP contribution in [0.3, 0.4) is 0 Å². The van der Waals surface area contributed by atoms with E-state index < -0.39 is 14.3 Å². The van der Waals surface area contributed by atoms with Crippen LogP contribution in [-0.2, 0) is 9.13 Å². The van der Waals surface area contributed by atoms with Crippen molar-refractivity contribution >= 4 is 89.5 Å². The summed E-state index contributed by atoms with van der Waals surface area (Å²) in [5, 5.41) is 10.4. The van der Waals surface area contributed by atoms with Gasteiger partial charge < -0.3 is 9.13 Å². The molecule has 0 aliphatic carbocycles. The van der Waals surface area contributed by atoms with Crippen molar-refractivity contribution in [1.82, 2.24) is 9.97 Å². The summed E-state index contributed by atoms with van der Waals surface area (Å²) in [6.45, 7) is 0. The van der Waals surface area contributed by atoms with Crippen molar-refractivity contribution in [2.75, 3.05) is 0 Å². The molecule has 266 valence electrons. The second kappa shape index (κ2) is 13.7. The molecule has 4 nitrogen and oxygen atoms in total. The van der Waals surface area contributed by atoms with E-state index in [0.717, 1.165) is 86.3 Å². The average molecular weight is 757 g/mol. The summed E-state index contributed by atoms with van der Waals surface area (Å²) in [7, 11) is -6.54. The highest BCUT2D eigenvalue weighted by molar-refractivity contribution is 7.86. The van der Waals surface area contributed by atoms with Crippen molar-refractivity contribution in [3.63, 3.8) is 0 Å². The largest absolute Gasteiger partial charge is 0.309 e. The quantitative estimate of drug-likeness (QED) is 0.120. The van der Waals surface area contributed by atoms with Gasteiger partial charge in [0, 0.05) is 65.8 Å². The Morgan fingerprint density at radius 2 is 0.661 bits per heavy atom. The zero-order valence-electron chi connectivity index (χ0n) is 30.2. The molecule has 2 heterocycles. The van der Waals surface area contributed by atoms with Gasteiger partial charge in [-0.2, -0.15) is 0 Å². The van der Waals surface area contributed by atoms with Crippen molar-refractivity contribution in [3.8, 4) is 11.1 Å². The van der Waals surface area contributed by atoms with Crippen LogP contribution in [0, 0.1) is 0 Å². The number of fused-ring (bicyclic) bond motifs is 6. The van der Waals surface area contributed by atoms with E-state index in [1.807, 2.05) is 158 Å². The first-order valence-corrected chi connectivity index (χ1v) is 22.0. The van der Waals surface area contributed by atoms with Crippen LogP contribution in [0.4, 0.5) is 0 Å². The number of hydrogen-bond acceptors (Lipinski definition) is 4. The van der Waals surface area contributed by atoms with Crippen LogP contribution in [0.5, 0.6) is 0 Å². The van der Waals surface area contributed by atoms with Crippen molar-refractivity contribution in [3.05, 3.63) is 207 Å². The number of pyridine rings is 2. The number of aromatic nitrogens is 2. The Balaban J connectivity index is 1.16. The smallest absolute Gasteiger partial charge is 0.171 e. The fourth-order valence-corrected chi connectivity index (χ4v) is 13.9. The number of rotatable bonds is 7. The van der Waals surface area contributed by atoms with Crippen molar-refractivity contribution in [2.45, 2.75) is 0 Å². The Hall–Kier alpha value is -6.44. The van der Waals surface area contributed by atoms with Gasteiger partial charge in [-0.15, -0.1) is 0 Å². The average Bonchev–Trinajstić information content (AvgIpc) is 3.29. The maximum atomic E-state index is 15.6. The second-order valence-electron chi connectivity index (χ2n) is 14.0. The molecule has 10 rings (SSSR count). The van der Waals surface area contributed by atoms with Crippen LogP contribution in [-0.4, -0.2) is 9.97 Å². The first-order chi connectivity index (χ1) is 27.5. The Bertz CT molecular complexity index is 2890. The summed E-state index contributed by atoms with van der Waals surface area (Å²) in [6, 6.07) is 64.1. The fourth-order valence-electron chi connectivity index (χ4n) is 8.16. The lowest BCUT2D eigenvalue weighted by molar-refractivity contribution is 0.592. The van der Waals surface area contributed by atoms with Gasteiger partial charge in [0.25, 0.3) is 0 Å². The Morgan fingerprint density at radius 1 is 0.321 bits per heavy atom. The molecule has 0 aliphatic rings. The highest BCUT2D eigenvalue weighted by Crippen LogP contribution is 2.47. The SMILES string of the molecule is O=P(c1ccccc1)(c1ccccc1)c1cc2ccc(-c3ccc4cc(P(=O)(c5ccccc5)c5ccccc5)c5cccnc5c4c3)cc2c2ncccc12. The minimum Gasteiger partial charge on any atom is -0.309 e. The summed E-state index contributed by atoms with van der Waals surface area (Å²) in [5.74, 6) is 0. The second-order valence-corrected chi connectivity index (χ2v) is 19.5. The molecule has 0 atom stereocenters. The van der Waals surface area contributed by atoms with E-state index in [1.54, 1.807) is 0 Å². The Kier molecular flexibility index (Phi) is 8.33. The van der Waals surface area contributed by atoms with E-state index in [1.165, 1.54) is 0 Å². The van der Waals surface area contributed by atoms with Gasteiger partial charge in [-0.05, 0) is 58.3 Å². The molecule has 56 heavy (non-hydrogen) atoms. The van der Waals surface area contributed by atoms with Crippen LogP contribution in [0.2, 0.25) is 0 Å². The van der Waals surface area contributed by atoms with Crippen LogP contribution in [0.25, 0.3) is 54.5 Å². The normalized spacial score (nSPS) is 12.1. The van der Waals surface area contributed by atoms with Gasteiger partial charge in [0.1, 0.15) is 0 Å². The van der Waals surface area contributed by atoms with E-state index in [0.29, 0.717) is 0 Å². The first-order valence-electron chi connectivity index (χ1n) is 18.6. The van der Waals surface area contributed by atoms with Crippen LogP contribution >= 0.6 is 14.3 Å². The van der Waals surface area contributed by atoms with E-state index in [2.05, 4.69) is 48.5 Å². The molecule has 0 N–H and O–H groups in total. The zero-order chi connectivity index (χ0) is 37.7. The predicted molar refractivity (Wildman–Crippen MR) is 236 cm³/mol. The molecule has 2 aromatic heterocycles. The standard InChI is InChI=1S/C50H34N2O2P2/c53-55(39-15-5-1-6-16-39,40-17-7-2-8-18-40)47-33-37-27-25-35(31-45(37)49-43(47)23-13-29-51-49)36-26-28-38-34-48(44-24-14-30-52-50(44)46(38)32-36)56(54,41-19-9-3-10-20-41)42-21-11-4-12-22-42/h1-34H. The summed E-state index contributed by atoms with van der Waals surface area (Å²) >= 11 is 0. The van der Waals surface area contributed by atoms with Gasteiger partial charge in [0.05, 0.1) is 11.0 Å². The third-order valence-corrected chi connectivity index (χ3v) is 17.1. The third-order valence-electron chi connectivity index (χ3n) is 10.9. The fraction of sp³-hybridized carbons (Fsp3) is 0. The highest BCUT2D eigenvalue weighted by atomic mass is 31.2. The molecule has 0 radical (unpaired) electrons. The van der Waals surface area contributed by atoms with Gasteiger partial charge in [-0.1, -0.05) is 158 Å². The third kappa shape index (κ3) is 5.45. The number of benzene rings is 8. The molecule has 0 spiro atoms. The summed E-state index contributed by atoms with van der Waals surface area (Å²) in [5.41, 5.74) is 3.68. The lowest BCUT2D eigenvalue weighted by atomic mass is 9.96.